The number of fused-ring (bicyclic) bond motifs is 12. The zero-order chi connectivity index (χ0) is 36.0. The maximum absolute atomic E-state index is 5.25. The van der Waals surface area contributed by atoms with Gasteiger partial charge in [-0.15, -0.1) is 11.3 Å². The first kappa shape index (κ1) is 30.7. The number of thiophene rings is 1. The topological polar surface area (TPSA) is 46.3 Å². The molecule has 0 aliphatic carbocycles. The van der Waals surface area contributed by atoms with Crippen LogP contribution in [0.25, 0.3) is 80.2 Å². The van der Waals surface area contributed by atoms with Gasteiger partial charge in [-0.1, -0.05) is 140 Å². The first-order valence-corrected chi connectivity index (χ1v) is 19.6. The fourth-order valence-corrected chi connectivity index (χ4v) is 10.2. The fourth-order valence-electron chi connectivity index (χ4n) is 9.05. The summed E-state index contributed by atoms with van der Waals surface area (Å²) in [6.07, 6.45) is -0.542. The van der Waals surface area contributed by atoms with Gasteiger partial charge >= 0.3 is 0 Å². The van der Waals surface area contributed by atoms with Crippen LogP contribution in [0, 0.1) is 0 Å². The van der Waals surface area contributed by atoms with Gasteiger partial charge in [-0.2, -0.15) is 0 Å². The van der Waals surface area contributed by atoms with Gasteiger partial charge in [-0.25, -0.2) is 4.99 Å². The van der Waals surface area contributed by atoms with Crippen molar-refractivity contribution in [3.05, 3.63) is 187 Å². The lowest BCUT2D eigenvalue weighted by atomic mass is 10.0. The smallest absolute Gasteiger partial charge is 0.162 e. The predicted molar refractivity (Wildman–Crippen MR) is 232 cm³/mol. The van der Waals surface area contributed by atoms with Gasteiger partial charge in [0.05, 0.1) is 27.8 Å². The molecular weight excluding hydrogens is 691 g/mol. The third kappa shape index (κ3) is 4.53. The van der Waals surface area contributed by atoms with E-state index in [1.54, 1.807) is 0 Å². The summed E-state index contributed by atoms with van der Waals surface area (Å²) in [5, 5.41) is 17.9. The van der Waals surface area contributed by atoms with Crippen LogP contribution in [0.5, 0.6) is 0 Å². The number of para-hydroxylation sites is 2. The van der Waals surface area contributed by atoms with Crippen molar-refractivity contribution >= 4 is 91.7 Å². The molecule has 0 fully saturated rings. The van der Waals surface area contributed by atoms with Gasteiger partial charge in [-0.05, 0) is 47.3 Å². The van der Waals surface area contributed by atoms with Crippen molar-refractivity contribution in [2.45, 2.75) is 12.5 Å². The van der Waals surface area contributed by atoms with Gasteiger partial charge in [0.25, 0.3) is 0 Å². The number of rotatable bonds is 4. The summed E-state index contributed by atoms with van der Waals surface area (Å²) in [5.41, 5.74) is 8.17. The van der Waals surface area contributed by atoms with Gasteiger partial charge in [0.2, 0.25) is 0 Å². The average molecular weight is 724 g/mol. The maximum Gasteiger partial charge on any atom is 0.162 e. The summed E-state index contributed by atoms with van der Waals surface area (Å²) in [6, 6.07) is 63.5. The van der Waals surface area contributed by atoms with Gasteiger partial charge in [-0.3, -0.25) is 5.32 Å². The Morgan fingerprint density at radius 2 is 1.16 bits per heavy atom. The van der Waals surface area contributed by atoms with Crippen molar-refractivity contribution in [3.8, 4) is 5.69 Å². The third-order valence-electron chi connectivity index (χ3n) is 11.4. The molecular formula is C49H33N5S. The van der Waals surface area contributed by atoms with Crippen molar-refractivity contribution in [3.63, 3.8) is 0 Å². The standard InChI is InChI=1S/C49H33N5S/c1-3-15-31(16-4-1)47-50-48(32-17-5-2-6-18-32)52-49(51-47)54-38-23-11-9-21-34(38)35-26-28-42-45(46(35)54)44-41(55-42)29-27-40-43(44)36-22-10-12-24-39(36)53(40)37-25-13-19-30-14-7-8-20-33(30)37/h1-29,47,49,51H,(H,50,52). The SMILES string of the molecule is c1ccc(C2=NC(c3ccccc3)NC(n3c4ccccc4c4ccc5sc6ccc7c(c8ccccc8n7-c7cccc8ccccc78)c6c5c43)N2)cc1. The molecule has 11 aromatic rings. The normalized spacial score (nSPS) is 16.2. The minimum Gasteiger partial charge on any atom is -0.337 e. The lowest BCUT2D eigenvalue weighted by Crippen LogP contribution is -2.47. The molecule has 4 heterocycles. The molecule has 2 atom stereocenters. The minimum atomic E-state index is -0.294. The molecule has 0 radical (unpaired) electrons. The second kappa shape index (κ2) is 11.9. The molecule has 0 saturated carbocycles. The molecule has 2 N–H and O–H groups in total. The summed E-state index contributed by atoms with van der Waals surface area (Å²) in [4.78, 5) is 5.25. The van der Waals surface area contributed by atoms with Crippen LogP contribution < -0.4 is 10.6 Å². The van der Waals surface area contributed by atoms with E-state index in [-0.39, 0.29) is 12.5 Å². The van der Waals surface area contributed by atoms with Crippen LogP contribution in [0.2, 0.25) is 0 Å². The minimum absolute atomic E-state index is 0.248. The van der Waals surface area contributed by atoms with Crippen molar-refractivity contribution in [2.75, 3.05) is 0 Å². The Balaban J connectivity index is 1.19. The molecule has 260 valence electrons. The lowest BCUT2D eigenvalue weighted by molar-refractivity contribution is 0.330. The second-order valence-corrected chi connectivity index (χ2v) is 15.5. The Morgan fingerprint density at radius 1 is 0.491 bits per heavy atom. The highest BCUT2D eigenvalue weighted by Gasteiger charge is 2.30. The van der Waals surface area contributed by atoms with Gasteiger partial charge in [0.1, 0.15) is 12.0 Å². The average Bonchev–Trinajstić information content (AvgIpc) is 3.91. The van der Waals surface area contributed by atoms with Gasteiger partial charge < -0.3 is 14.5 Å². The van der Waals surface area contributed by atoms with Crippen LogP contribution in [0.15, 0.2) is 181 Å². The first-order valence-electron chi connectivity index (χ1n) is 18.8. The van der Waals surface area contributed by atoms with E-state index in [2.05, 4.69) is 196 Å². The molecule has 0 bridgehead atoms. The molecule has 1 aliphatic heterocycles. The molecule has 55 heavy (non-hydrogen) atoms. The van der Waals surface area contributed by atoms with E-state index >= 15 is 0 Å². The summed E-state index contributed by atoms with van der Waals surface area (Å²) in [6.45, 7) is 0. The molecule has 5 nitrogen and oxygen atoms in total. The van der Waals surface area contributed by atoms with E-state index in [0.717, 1.165) is 17.0 Å². The number of nitrogens with zero attached hydrogens (tertiary/aromatic N) is 3. The van der Waals surface area contributed by atoms with Crippen LogP contribution >= 0.6 is 11.3 Å². The van der Waals surface area contributed by atoms with E-state index in [4.69, 9.17) is 4.99 Å². The molecule has 12 rings (SSSR count). The highest BCUT2D eigenvalue weighted by Crippen LogP contribution is 2.48. The molecule has 0 saturated heterocycles. The zero-order valence-electron chi connectivity index (χ0n) is 29.6. The van der Waals surface area contributed by atoms with Crippen LogP contribution in [-0.4, -0.2) is 15.0 Å². The number of nitrogens with one attached hydrogen (secondary N) is 2. The van der Waals surface area contributed by atoms with Gasteiger partial charge in [0, 0.05) is 52.7 Å². The molecule has 2 unspecified atom stereocenters. The fraction of sp³-hybridized carbons (Fsp3) is 0.0408. The highest BCUT2D eigenvalue weighted by atomic mass is 32.1. The Morgan fingerprint density at radius 3 is 2.02 bits per heavy atom. The Hall–Kier alpha value is -6.73. The monoisotopic (exact) mass is 723 g/mol. The number of aliphatic imine (C=N–C) groups is 1. The van der Waals surface area contributed by atoms with E-state index in [1.807, 2.05) is 11.3 Å². The van der Waals surface area contributed by atoms with Crippen molar-refractivity contribution < 1.29 is 0 Å². The van der Waals surface area contributed by atoms with Crippen LogP contribution in [0.3, 0.4) is 0 Å². The van der Waals surface area contributed by atoms with E-state index in [1.165, 1.54) is 80.2 Å². The molecule has 3 aromatic heterocycles. The number of amidine groups is 1. The Kier molecular flexibility index (Phi) is 6.64. The van der Waals surface area contributed by atoms with Crippen LogP contribution in [0.1, 0.15) is 23.6 Å². The Labute approximate surface area is 320 Å². The number of hydrogen-bond acceptors (Lipinski definition) is 4. The summed E-state index contributed by atoms with van der Waals surface area (Å²) in [7, 11) is 0. The number of aromatic nitrogens is 2. The number of hydrogen-bond donors (Lipinski definition) is 2. The highest BCUT2D eigenvalue weighted by molar-refractivity contribution is 7.26. The summed E-state index contributed by atoms with van der Waals surface area (Å²) < 4.78 is 7.53. The molecule has 0 spiro atoms. The number of benzene rings is 8. The molecule has 0 amide bonds. The van der Waals surface area contributed by atoms with E-state index in [9.17, 15) is 0 Å². The van der Waals surface area contributed by atoms with Crippen molar-refractivity contribution in [2.24, 2.45) is 4.99 Å². The summed E-state index contributed by atoms with van der Waals surface area (Å²) >= 11 is 1.88. The third-order valence-corrected chi connectivity index (χ3v) is 12.5. The van der Waals surface area contributed by atoms with E-state index < -0.39 is 0 Å². The van der Waals surface area contributed by atoms with Crippen LogP contribution in [0.4, 0.5) is 0 Å². The molecule has 1 aliphatic rings. The first-order chi connectivity index (χ1) is 27.3. The lowest BCUT2D eigenvalue weighted by Gasteiger charge is -2.33. The van der Waals surface area contributed by atoms with E-state index in [0.29, 0.717) is 0 Å². The summed E-state index contributed by atoms with van der Waals surface area (Å²) in [5.74, 6) is 0.868. The quantitative estimate of drug-likeness (QED) is 0.190. The van der Waals surface area contributed by atoms with Gasteiger partial charge in [0.15, 0.2) is 6.29 Å². The maximum atomic E-state index is 5.25. The second-order valence-electron chi connectivity index (χ2n) is 14.4. The predicted octanol–water partition coefficient (Wildman–Crippen LogP) is 12.2. The largest absolute Gasteiger partial charge is 0.337 e. The molecule has 8 aromatic carbocycles. The van der Waals surface area contributed by atoms with Crippen molar-refractivity contribution in [1.29, 1.82) is 0 Å². The van der Waals surface area contributed by atoms with Crippen LogP contribution in [-0.2, 0) is 0 Å². The Bertz CT molecular complexity index is 3330. The van der Waals surface area contributed by atoms with Crippen molar-refractivity contribution in [1.82, 2.24) is 19.8 Å². The molecule has 6 heteroatoms. The zero-order valence-corrected chi connectivity index (χ0v) is 30.5.